The molecular formula is C38H63NO6. The van der Waals surface area contributed by atoms with Crippen LogP contribution in [0.3, 0.4) is 0 Å². The number of carboxylic acids is 1. The number of carbonyl (C=O) groups excluding carboxylic acids is 1. The molecule has 7 nitrogen and oxygen atoms in total. The molecule has 3 unspecified atom stereocenters. The SMILES string of the molecule is CC(=O)O[C@@H]1C[C@@]23COCC(C)([C@H]1OC(C)C(N)C(C)C)[C@@H]2CC[C@H]1C3=CC[C@@]2(C)[C@H](C(=O)O)[C@@](C)([C@H](C)C(C)C)CC[C@]12C. The van der Waals surface area contributed by atoms with E-state index in [9.17, 15) is 14.7 Å². The number of ether oxygens (including phenoxy) is 3. The van der Waals surface area contributed by atoms with Crippen LogP contribution in [0.1, 0.15) is 115 Å². The number of carbonyl (C=O) groups is 2. The van der Waals surface area contributed by atoms with E-state index in [4.69, 9.17) is 19.9 Å². The van der Waals surface area contributed by atoms with Crippen molar-refractivity contribution >= 4 is 11.9 Å². The molecule has 1 aliphatic heterocycles. The number of hydrogen-bond donors (Lipinski definition) is 2. The van der Waals surface area contributed by atoms with Crippen molar-refractivity contribution in [2.75, 3.05) is 13.2 Å². The molecule has 1 heterocycles. The molecule has 0 aromatic heterocycles. The summed E-state index contributed by atoms with van der Waals surface area (Å²) in [4.78, 5) is 25.9. The molecule has 13 atom stereocenters. The molecule has 3 N–H and O–H groups in total. The van der Waals surface area contributed by atoms with Crippen LogP contribution in [-0.2, 0) is 23.8 Å². The van der Waals surface area contributed by atoms with Crippen LogP contribution in [0.4, 0.5) is 0 Å². The van der Waals surface area contributed by atoms with Gasteiger partial charge in [-0.3, -0.25) is 9.59 Å². The molecule has 7 heteroatoms. The monoisotopic (exact) mass is 629 g/mol. The molecule has 4 fully saturated rings. The molecule has 4 aliphatic carbocycles. The highest BCUT2D eigenvalue weighted by Crippen LogP contribution is 2.75. The van der Waals surface area contributed by atoms with Crippen molar-refractivity contribution in [1.29, 1.82) is 0 Å². The maximum Gasteiger partial charge on any atom is 0.307 e. The highest BCUT2D eigenvalue weighted by Gasteiger charge is 2.72. The molecule has 0 radical (unpaired) electrons. The van der Waals surface area contributed by atoms with Crippen LogP contribution >= 0.6 is 0 Å². The average molecular weight is 630 g/mol. The third kappa shape index (κ3) is 4.98. The topological polar surface area (TPSA) is 108 Å². The van der Waals surface area contributed by atoms with Crippen LogP contribution in [0.5, 0.6) is 0 Å². The molecular weight excluding hydrogens is 566 g/mol. The summed E-state index contributed by atoms with van der Waals surface area (Å²) >= 11 is 0. The minimum absolute atomic E-state index is 0.130. The zero-order chi connectivity index (χ0) is 33.5. The molecule has 2 bridgehead atoms. The molecule has 256 valence electrons. The third-order valence-electron chi connectivity index (χ3n) is 15.1. The number of aliphatic carboxylic acids is 1. The largest absolute Gasteiger partial charge is 0.481 e. The van der Waals surface area contributed by atoms with Crippen molar-refractivity contribution in [3.8, 4) is 0 Å². The molecule has 5 aliphatic rings. The van der Waals surface area contributed by atoms with Crippen LogP contribution in [0, 0.1) is 62.6 Å². The molecule has 0 aromatic rings. The Balaban J connectivity index is 1.58. The molecule has 45 heavy (non-hydrogen) atoms. The summed E-state index contributed by atoms with van der Waals surface area (Å²) in [6, 6.07) is -0.130. The van der Waals surface area contributed by atoms with Crippen LogP contribution in [0.25, 0.3) is 0 Å². The van der Waals surface area contributed by atoms with Crippen molar-refractivity contribution in [1.82, 2.24) is 0 Å². The minimum atomic E-state index is -0.642. The Kier molecular flexibility index (Phi) is 9.00. The van der Waals surface area contributed by atoms with E-state index < -0.39 is 18.0 Å². The Bertz CT molecular complexity index is 1200. The van der Waals surface area contributed by atoms with Crippen LogP contribution < -0.4 is 5.73 Å². The molecule has 1 saturated heterocycles. The number of fused-ring (bicyclic) bond motifs is 3. The number of nitrogens with two attached hydrogens (primary N) is 1. The molecule has 3 saturated carbocycles. The fourth-order valence-corrected chi connectivity index (χ4v) is 12.0. The van der Waals surface area contributed by atoms with Gasteiger partial charge in [0.1, 0.15) is 12.2 Å². The van der Waals surface area contributed by atoms with Crippen LogP contribution in [-0.4, -0.2) is 54.6 Å². The summed E-state index contributed by atoms with van der Waals surface area (Å²) in [5.41, 5.74) is 6.59. The molecule has 0 spiro atoms. The van der Waals surface area contributed by atoms with Gasteiger partial charge in [0.05, 0.1) is 25.2 Å². The lowest BCUT2D eigenvalue weighted by molar-refractivity contribution is -0.275. The van der Waals surface area contributed by atoms with Crippen molar-refractivity contribution in [3.05, 3.63) is 11.6 Å². The fraction of sp³-hybridized carbons (Fsp3) is 0.895. The Morgan fingerprint density at radius 2 is 1.64 bits per heavy atom. The van der Waals surface area contributed by atoms with Gasteiger partial charge >= 0.3 is 11.9 Å². The lowest BCUT2D eigenvalue weighted by atomic mass is 9.34. The van der Waals surface area contributed by atoms with Crippen LogP contribution in [0.15, 0.2) is 11.6 Å². The van der Waals surface area contributed by atoms with E-state index in [1.807, 2.05) is 6.92 Å². The summed E-state index contributed by atoms with van der Waals surface area (Å²) in [6.45, 7) is 24.9. The zero-order valence-electron chi connectivity index (χ0n) is 30.1. The van der Waals surface area contributed by atoms with E-state index in [0.29, 0.717) is 37.4 Å². The highest BCUT2D eigenvalue weighted by molar-refractivity contribution is 5.73. The lowest BCUT2D eigenvalue weighted by Gasteiger charge is -2.71. The number of carboxylic acid groups (broad SMARTS) is 1. The fourth-order valence-electron chi connectivity index (χ4n) is 12.0. The lowest BCUT2D eigenvalue weighted by Crippen LogP contribution is -2.70. The maximum absolute atomic E-state index is 13.3. The van der Waals surface area contributed by atoms with E-state index in [-0.39, 0.29) is 63.1 Å². The van der Waals surface area contributed by atoms with E-state index in [1.165, 1.54) is 12.5 Å². The quantitative estimate of drug-likeness (QED) is 0.215. The van der Waals surface area contributed by atoms with Crippen molar-refractivity contribution in [3.63, 3.8) is 0 Å². The third-order valence-corrected chi connectivity index (χ3v) is 15.1. The first-order chi connectivity index (χ1) is 20.8. The van der Waals surface area contributed by atoms with Gasteiger partial charge in [0.15, 0.2) is 0 Å². The minimum Gasteiger partial charge on any atom is -0.481 e. The predicted octanol–water partition coefficient (Wildman–Crippen LogP) is 7.26. The van der Waals surface area contributed by atoms with Gasteiger partial charge < -0.3 is 25.1 Å². The smallest absolute Gasteiger partial charge is 0.307 e. The van der Waals surface area contributed by atoms with Crippen molar-refractivity contribution < 1.29 is 28.9 Å². The first-order valence-electron chi connectivity index (χ1n) is 17.9. The Morgan fingerprint density at radius 3 is 2.22 bits per heavy atom. The van der Waals surface area contributed by atoms with Crippen molar-refractivity contribution in [2.45, 2.75) is 139 Å². The van der Waals surface area contributed by atoms with Gasteiger partial charge in [0.2, 0.25) is 0 Å². The van der Waals surface area contributed by atoms with Crippen LogP contribution in [0.2, 0.25) is 0 Å². The predicted molar refractivity (Wildman–Crippen MR) is 176 cm³/mol. The number of rotatable bonds is 8. The van der Waals surface area contributed by atoms with E-state index >= 15 is 0 Å². The first kappa shape index (κ1) is 34.9. The van der Waals surface area contributed by atoms with Gasteiger partial charge in [-0.15, -0.1) is 0 Å². The Morgan fingerprint density at radius 1 is 0.978 bits per heavy atom. The van der Waals surface area contributed by atoms with Gasteiger partial charge in [-0.1, -0.05) is 74.0 Å². The number of esters is 1. The second kappa shape index (κ2) is 11.6. The normalized spacial score (nSPS) is 46.3. The standard InChI is InChI=1S/C38H63NO6/c1-21(2)23(5)34(8)16-17-36(10)26-12-13-29-35(9)19-43-20-38(29,27(26)14-15-37(36,11)31(34)33(41)42)18-28(45-25(7)40)32(35)44-24(6)30(39)22(3)4/h14,21-24,26,28-32H,12-13,15-20,39H2,1-11H3,(H,41,42)/t23-,24?,26+,28-,29+,30?,31-,32+,34-,35?,36-,37+,38+/m1/s1. The van der Waals surface area contributed by atoms with E-state index in [2.05, 4.69) is 68.4 Å². The van der Waals surface area contributed by atoms with Crippen molar-refractivity contribution in [2.24, 2.45) is 68.3 Å². The first-order valence-corrected chi connectivity index (χ1v) is 17.9. The molecule has 0 aromatic carbocycles. The van der Waals surface area contributed by atoms with Gasteiger partial charge in [-0.2, -0.15) is 0 Å². The maximum atomic E-state index is 13.3. The van der Waals surface area contributed by atoms with Gasteiger partial charge in [-0.25, -0.2) is 0 Å². The van der Waals surface area contributed by atoms with Gasteiger partial charge in [0, 0.05) is 23.8 Å². The second-order valence-corrected chi connectivity index (χ2v) is 17.8. The number of allylic oxidation sites excluding steroid dienone is 1. The second-order valence-electron chi connectivity index (χ2n) is 17.8. The van der Waals surface area contributed by atoms with E-state index in [1.54, 1.807) is 0 Å². The number of hydrogen-bond acceptors (Lipinski definition) is 6. The summed E-state index contributed by atoms with van der Waals surface area (Å²) in [6.07, 6.45) is 6.96. The Hall–Kier alpha value is -1.44. The zero-order valence-corrected chi connectivity index (χ0v) is 30.1. The highest BCUT2D eigenvalue weighted by atomic mass is 16.6. The Labute approximate surface area is 272 Å². The molecule has 5 rings (SSSR count). The van der Waals surface area contributed by atoms with Gasteiger partial charge in [0.25, 0.3) is 0 Å². The summed E-state index contributed by atoms with van der Waals surface area (Å²) in [5.74, 6) is 0.215. The summed E-state index contributed by atoms with van der Waals surface area (Å²) in [5, 5.41) is 11.0. The van der Waals surface area contributed by atoms with Gasteiger partial charge in [-0.05, 0) is 91.3 Å². The molecule has 0 amide bonds. The average Bonchev–Trinajstić information content (AvgIpc) is 2.94. The van der Waals surface area contributed by atoms with E-state index in [0.717, 1.165) is 32.1 Å². The summed E-state index contributed by atoms with van der Waals surface area (Å²) < 4.78 is 19.6. The summed E-state index contributed by atoms with van der Waals surface area (Å²) in [7, 11) is 0.